The number of rotatable bonds is 5. The molecule has 2 N–H and O–H groups in total. The highest BCUT2D eigenvalue weighted by Gasteiger charge is 2.33. The number of amides is 2. The molecule has 1 aromatic heterocycles. The van der Waals surface area contributed by atoms with E-state index in [0.29, 0.717) is 22.5 Å². The molecule has 1 atom stereocenters. The van der Waals surface area contributed by atoms with Gasteiger partial charge in [0.25, 0.3) is 0 Å². The van der Waals surface area contributed by atoms with Gasteiger partial charge in [-0.25, -0.2) is 14.0 Å². The topological polar surface area (TPSA) is 114 Å². The Morgan fingerprint density at radius 2 is 2.17 bits per heavy atom. The summed E-state index contributed by atoms with van der Waals surface area (Å²) in [5.74, 6) is -1.14. The number of halogens is 1. The molecule has 2 aromatic rings. The molecule has 9 nitrogen and oxygen atoms in total. The normalized spacial score (nSPS) is 18.1. The predicted molar refractivity (Wildman–Crippen MR) is 103 cm³/mol. The van der Waals surface area contributed by atoms with Crippen molar-refractivity contribution in [1.29, 1.82) is 0 Å². The maximum atomic E-state index is 14.9. The number of benzene rings is 1. The molecule has 10 heteroatoms. The van der Waals surface area contributed by atoms with Crippen molar-refractivity contribution in [3.05, 3.63) is 57.7 Å². The van der Waals surface area contributed by atoms with Gasteiger partial charge in [0.1, 0.15) is 18.5 Å². The average Bonchev–Trinajstić information content (AvgIpc) is 3.25. The molecule has 1 aromatic carbocycles. The van der Waals surface area contributed by atoms with Crippen molar-refractivity contribution >= 4 is 23.3 Å². The highest BCUT2D eigenvalue weighted by atomic mass is 19.1. The lowest BCUT2D eigenvalue weighted by Gasteiger charge is -2.18. The van der Waals surface area contributed by atoms with E-state index in [9.17, 15) is 23.9 Å². The summed E-state index contributed by atoms with van der Waals surface area (Å²) >= 11 is 0. The zero-order valence-electron chi connectivity index (χ0n) is 16.2. The Labute approximate surface area is 170 Å². The van der Waals surface area contributed by atoms with E-state index in [0.717, 1.165) is 0 Å². The maximum Gasteiger partial charge on any atom is 0.419 e. The Hall–Kier alpha value is -3.40. The SMILES string of the molecule is CC(=O)NC[C@H]1CN(c2ccc(C3=CCn4c(c(CO)oc4=O)C3)c(F)c2)C(=O)O1. The van der Waals surface area contributed by atoms with E-state index in [4.69, 9.17) is 9.15 Å². The van der Waals surface area contributed by atoms with Gasteiger partial charge in [-0.05, 0) is 23.8 Å². The van der Waals surface area contributed by atoms with Crippen molar-refractivity contribution in [3.8, 4) is 0 Å². The molecule has 0 saturated carbocycles. The van der Waals surface area contributed by atoms with Gasteiger partial charge in [0.2, 0.25) is 5.91 Å². The number of aliphatic hydroxyl groups excluding tert-OH is 1. The monoisotopic (exact) mass is 417 g/mol. The Morgan fingerprint density at radius 3 is 2.87 bits per heavy atom. The number of aromatic nitrogens is 1. The van der Waals surface area contributed by atoms with E-state index >= 15 is 0 Å². The van der Waals surface area contributed by atoms with Crippen molar-refractivity contribution in [2.24, 2.45) is 0 Å². The maximum absolute atomic E-state index is 14.9. The van der Waals surface area contributed by atoms with E-state index in [-0.39, 0.29) is 37.7 Å². The molecule has 0 aliphatic carbocycles. The lowest BCUT2D eigenvalue weighted by molar-refractivity contribution is -0.119. The lowest BCUT2D eigenvalue weighted by Crippen LogP contribution is -2.33. The van der Waals surface area contributed by atoms with Crippen LogP contribution in [0.3, 0.4) is 0 Å². The summed E-state index contributed by atoms with van der Waals surface area (Å²) in [5, 5.41) is 12.0. The first-order valence-corrected chi connectivity index (χ1v) is 9.41. The Balaban J connectivity index is 1.53. The van der Waals surface area contributed by atoms with Crippen LogP contribution in [0.4, 0.5) is 14.9 Å². The molecule has 2 aliphatic heterocycles. The van der Waals surface area contributed by atoms with Gasteiger partial charge in [-0.3, -0.25) is 14.3 Å². The van der Waals surface area contributed by atoms with Crippen LogP contribution in [-0.4, -0.2) is 40.9 Å². The van der Waals surface area contributed by atoms with Crippen molar-refractivity contribution in [1.82, 2.24) is 9.88 Å². The number of nitrogens with one attached hydrogen (secondary N) is 1. The number of carbonyl (C=O) groups excluding carboxylic acids is 2. The molecule has 2 aliphatic rings. The first-order chi connectivity index (χ1) is 14.4. The summed E-state index contributed by atoms with van der Waals surface area (Å²) in [6.45, 7) is 1.56. The molecule has 1 fully saturated rings. The molecular weight excluding hydrogens is 397 g/mol. The second kappa shape index (κ2) is 7.79. The summed E-state index contributed by atoms with van der Waals surface area (Å²) in [4.78, 5) is 36.3. The fourth-order valence-corrected chi connectivity index (χ4v) is 3.67. The Kier molecular flexibility index (Phi) is 5.17. The van der Waals surface area contributed by atoms with Gasteiger partial charge in [-0.15, -0.1) is 0 Å². The second-order valence-corrected chi connectivity index (χ2v) is 7.13. The smallest absolute Gasteiger partial charge is 0.419 e. The molecule has 0 unspecified atom stereocenters. The number of hydrogen-bond acceptors (Lipinski definition) is 6. The van der Waals surface area contributed by atoms with Gasteiger partial charge in [-0.2, -0.15) is 0 Å². The van der Waals surface area contributed by atoms with E-state index in [1.165, 1.54) is 22.5 Å². The summed E-state index contributed by atoms with van der Waals surface area (Å²) in [6, 6.07) is 4.44. The van der Waals surface area contributed by atoms with E-state index in [1.54, 1.807) is 18.2 Å². The van der Waals surface area contributed by atoms with E-state index < -0.39 is 30.4 Å². The number of hydrogen-bond donors (Lipinski definition) is 2. The summed E-state index contributed by atoms with van der Waals surface area (Å²) in [7, 11) is 0. The Morgan fingerprint density at radius 1 is 1.37 bits per heavy atom. The van der Waals surface area contributed by atoms with Crippen molar-refractivity contribution in [2.45, 2.75) is 32.6 Å². The van der Waals surface area contributed by atoms with Crippen molar-refractivity contribution in [2.75, 3.05) is 18.0 Å². The Bertz CT molecular complexity index is 1100. The first kappa shape index (κ1) is 19.9. The average molecular weight is 417 g/mol. The van der Waals surface area contributed by atoms with Crippen LogP contribution >= 0.6 is 0 Å². The molecule has 4 rings (SSSR count). The number of fused-ring (bicyclic) bond motifs is 1. The number of nitrogens with zero attached hydrogens (tertiary/aromatic N) is 2. The molecule has 158 valence electrons. The number of allylic oxidation sites excluding steroid dienone is 2. The van der Waals surface area contributed by atoms with Gasteiger partial charge >= 0.3 is 11.8 Å². The lowest BCUT2D eigenvalue weighted by atomic mass is 9.97. The molecule has 0 radical (unpaired) electrons. The minimum atomic E-state index is -0.607. The van der Waals surface area contributed by atoms with Gasteiger partial charge in [0.15, 0.2) is 5.76 Å². The third kappa shape index (κ3) is 3.61. The zero-order valence-corrected chi connectivity index (χ0v) is 16.2. The summed E-state index contributed by atoms with van der Waals surface area (Å²) < 4.78 is 26.5. The molecule has 0 spiro atoms. The third-order valence-corrected chi connectivity index (χ3v) is 5.16. The third-order valence-electron chi connectivity index (χ3n) is 5.16. The van der Waals surface area contributed by atoms with Gasteiger partial charge < -0.3 is 19.6 Å². The summed E-state index contributed by atoms with van der Waals surface area (Å²) in [5.41, 5.74) is 1.86. The number of carbonyl (C=O) groups is 2. The molecule has 30 heavy (non-hydrogen) atoms. The van der Waals surface area contributed by atoms with Crippen LogP contribution in [0.15, 0.2) is 33.5 Å². The quantitative estimate of drug-likeness (QED) is 0.755. The zero-order chi connectivity index (χ0) is 21.4. The van der Waals surface area contributed by atoms with Gasteiger partial charge in [-0.1, -0.05) is 6.08 Å². The van der Waals surface area contributed by atoms with Crippen LogP contribution in [0, 0.1) is 5.82 Å². The molecule has 1 saturated heterocycles. The van der Waals surface area contributed by atoms with Crippen LogP contribution in [-0.2, 0) is 29.1 Å². The largest absolute Gasteiger partial charge is 0.442 e. The van der Waals surface area contributed by atoms with Crippen molar-refractivity contribution < 1.29 is 28.2 Å². The molecule has 3 heterocycles. The minimum absolute atomic E-state index is 0.174. The van der Waals surface area contributed by atoms with Crippen LogP contribution in [0.5, 0.6) is 0 Å². The highest BCUT2D eigenvalue weighted by Crippen LogP contribution is 2.31. The van der Waals surface area contributed by atoms with Crippen LogP contribution in [0.1, 0.15) is 23.9 Å². The van der Waals surface area contributed by atoms with E-state index in [1.807, 2.05) is 0 Å². The summed E-state index contributed by atoms with van der Waals surface area (Å²) in [6.07, 6.45) is 0.850. The number of ether oxygens (including phenoxy) is 1. The fraction of sp³-hybridized carbons (Fsp3) is 0.350. The number of oxazole rings is 1. The van der Waals surface area contributed by atoms with E-state index in [2.05, 4.69) is 5.32 Å². The predicted octanol–water partition coefficient (Wildman–Crippen LogP) is 1.17. The van der Waals surface area contributed by atoms with Gasteiger partial charge in [0, 0.05) is 25.5 Å². The number of anilines is 1. The van der Waals surface area contributed by atoms with Crippen LogP contribution in [0.2, 0.25) is 0 Å². The van der Waals surface area contributed by atoms with Crippen LogP contribution in [0.25, 0.3) is 5.57 Å². The number of aliphatic hydroxyl groups is 1. The standard InChI is InChI=1S/C20H20FN3O6/c1-11(26)22-8-14-9-24(20(28)29-14)13-2-3-15(16(21)7-13)12-4-5-23-17(6-12)18(10-25)30-19(23)27/h2-4,7,14,25H,5-6,8-10H2,1H3,(H,22,26)/t14-/m0/s1. The highest BCUT2D eigenvalue weighted by molar-refractivity contribution is 5.90. The minimum Gasteiger partial charge on any atom is -0.442 e. The fourth-order valence-electron chi connectivity index (χ4n) is 3.67. The second-order valence-electron chi connectivity index (χ2n) is 7.13. The molecular formula is C20H20FN3O6. The van der Waals surface area contributed by atoms with Crippen LogP contribution < -0.4 is 16.0 Å². The number of cyclic esters (lactones) is 1. The molecule has 0 bridgehead atoms. The molecule has 2 amide bonds. The first-order valence-electron chi connectivity index (χ1n) is 9.41. The van der Waals surface area contributed by atoms with Crippen molar-refractivity contribution in [3.63, 3.8) is 0 Å². The van der Waals surface area contributed by atoms with Gasteiger partial charge in [0.05, 0.1) is 24.5 Å².